The van der Waals surface area contributed by atoms with Gasteiger partial charge in [-0.1, -0.05) is 152 Å². The van der Waals surface area contributed by atoms with E-state index < -0.39 is 23.3 Å². The van der Waals surface area contributed by atoms with Crippen molar-refractivity contribution in [1.29, 1.82) is 0 Å². The number of esters is 1. The third-order valence-corrected chi connectivity index (χ3v) is 9.45. The molecule has 7 heteroatoms. The third kappa shape index (κ3) is 11.0. The summed E-state index contributed by atoms with van der Waals surface area (Å²) in [5, 5.41) is 12.7. The standard InChI is InChI=1S/C23H30N2O3.C22H20O2/c1-23(22(27)28-2,21(26)25-16-10-9-15-24)17-20(18-11-5-3-6-12-18)19-13-7-4-8-14-19;23-22(24)21(19-14-8-3-9-15-19)16-20(17-10-4-1-5-11-17)18-12-6-2-7-13-18/h3-8,11-14,20H,9-10,15-17,24H2,1-2H3,(H,25,26);1-15,20-21H,16H2,(H,23,24). The molecule has 5 aromatic rings. The number of benzene rings is 5. The highest BCUT2D eigenvalue weighted by Gasteiger charge is 2.44. The van der Waals surface area contributed by atoms with E-state index in [0.29, 0.717) is 25.9 Å². The normalized spacial score (nSPS) is 12.6. The number of amides is 1. The number of rotatable bonds is 16. The van der Waals surface area contributed by atoms with Gasteiger partial charge in [0.15, 0.2) is 0 Å². The Labute approximate surface area is 307 Å². The number of carboxylic acid groups (broad SMARTS) is 1. The molecule has 2 unspecified atom stereocenters. The Morgan fingerprint density at radius 1 is 0.635 bits per heavy atom. The Balaban J connectivity index is 0.000000235. The van der Waals surface area contributed by atoms with E-state index in [4.69, 9.17) is 10.5 Å². The van der Waals surface area contributed by atoms with Gasteiger partial charge in [0.2, 0.25) is 5.91 Å². The smallest absolute Gasteiger partial charge is 0.321 e. The van der Waals surface area contributed by atoms with Gasteiger partial charge in [-0.3, -0.25) is 14.4 Å². The second kappa shape index (κ2) is 20.4. The predicted molar refractivity (Wildman–Crippen MR) is 207 cm³/mol. The molecule has 0 aliphatic heterocycles. The fourth-order valence-corrected chi connectivity index (χ4v) is 6.50. The average Bonchev–Trinajstić information content (AvgIpc) is 3.20. The van der Waals surface area contributed by atoms with Crippen LogP contribution in [0.15, 0.2) is 152 Å². The molecule has 0 aromatic heterocycles. The molecule has 0 spiro atoms. The molecule has 0 fully saturated rings. The van der Waals surface area contributed by atoms with Gasteiger partial charge in [0.1, 0.15) is 5.41 Å². The zero-order valence-corrected chi connectivity index (χ0v) is 30.1. The lowest BCUT2D eigenvalue weighted by Gasteiger charge is -2.30. The fraction of sp³-hybridized carbons (Fsp3) is 0.267. The summed E-state index contributed by atoms with van der Waals surface area (Å²) >= 11 is 0. The van der Waals surface area contributed by atoms with Crippen molar-refractivity contribution < 1.29 is 24.2 Å². The first-order valence-electron chi connectivity index (χ1n) is 17.8. The molecule has 7 nitrogen and oxygen atoms in total. The highest BCUT2D eigenvalue weighted by atomic mass is 16.5. The Morgan fingerprint density at radius 3 is 1.38 bits per heavy atom. The largest absolute Gasteiger partial charge is 0.481 e. The highest BCUT2D eigenvalue weighted by Crippen LogP contribution is 2.38. The molecule has 1 amide bonds. The third-order valence-electron chi connectivity index (χ3n) is 9.45. The lowest BCUT2D eigenvalue weighted by molar-refractivity contribution is -0.158. The molecule has 0 bridgehead atoms. The molecule has 0 aliphatic carbocycles. The summed E-state index contributed by atoms with van der Waals surface area (Å²) < 4.78 is 5.02. The van der Waals surface area contributed by atoms with Crippen molar-refractivity contribution in [1.82, 2.24) is 5.32 Å². The molecule has 4 N–H and O–H groups in total. The summed E-state index contributed by atoms with van der Waals surface area (Å²) in [4.78, 5) is 37.5. The maximum atomic E-state index is 13.0. The van der Waals surface area contributed by atoms with Gasteiger partial charge in [-0.25, -0.2) is 0 Å². The van der Waals surface area contributed by atoms with Crippen LogP contribution in [0.5, 0.6) is 0 Å². The summed E-state index contributed by atoms with van der Waals surface area (Å²) in [5.41, 5.74) is 9.46. The number of hydrogen-bond donors (Lipinski definition) is 3. The van der Waals surface area contributed by atoms with Crippen molar-refractivity contribution in [2.24, 2.45) is 11.1 Å². The average molecular weight is 699 g/mol. The number of carbonyl (C=O) groups excluding carboxylic acids is 2. The fourth-order valence-electron chi connectivity index (χ4n) is 6.50. The molecule has 270 valence electrons. The van der Waals surface area contributed by atoms with Crippen LogP contribution in [0.3, 0.4) is 0 Å². The quantitative estimate of drug-likeness (QED) is 0.0542. The molecule has 2 atom stereocenters. The van der Waals surface area contributed by atoms with E-state index in [2.05, 4.69) is 29.6 Å². The van der Waals surface area contributed by atoms with Crippen LogP contribution in [-0.2, 0) is 19.1 Å². The monoisotopic (exact) mass is 698 g/mol. The molecule has 0 heterocycles. The van der Waals surface area contributed by atoms with Crippen LogP contribution in [0.25, 0.3) is 0 Å². The lowest BCUT2D eigenvalue weighted by atomic mass is 9.75. The van der Waals surface area contributed by atoms with Crippen molar-refractivity contribution in [2.45, 2.75) is 50.4 Å². The van der Waals surface area contributed by atoms with E-state index in [0.717, 1.165) is 40.7 Å². The maximum Gasteiger partial charge on any atom is 0.321 e. The first kappa shape index (κ1) is 39.3. The van der Waals surface area contributed by atoms with Crippen LogP contribution >= 0.6 is 0 Å². The number of ether oxygens (including phenoxy) is 1. The number of hydrogen-bond acceptors (Lipinski definition) is 5. The Morgan fingerprint density at radius 2 is 1.02 bits per heavy atom. The Hall–Kier alpha value is -5.53. The van der Waals surface area contributed by atoms with E-state index in [1.54, 1.807) is 6.92 Å². The number of aliphatic carboxylic acids is 1. The Bertz CT molecular complexity index is 1710. The van der Waals surface area contributed by atoms with Crippen LogP contribution in [-0.4, -0.2) is 43.2 Å². The van der Waals surface area contributed by atoms with E-state index in [9.17, 15) is 19.5 Å². The summed E-state index contributed by atoms with van der Waals surface area (Å²) in [6.07, 6.45) is 2.45. The van der Waals surface area contributed by atoms with Gasteiger partial charge < -0.3 is 20.9 Å². The second-order valence-corrected chi connectivity index (χ2v) is 13.1. The van der Waals surface area contributed by atoms with Gasteiger partial charge in [0.05, 0.1) is 13.0 Å². The molecule has 0 aliphatic rings. The van der Waals surface area contributed by atoms with Crippen molar-refractivity contribution >= 4 is 17.8 Å². The van der Waals surface area contributed by atoms with E-state index in [-0.39, 0.29) is 17.7 Å². The first-order valence-corrected chi connectivity index (χ1v) is 17.8. The van der Waals surface area contributed by atoms with Crippen molar-refractivity contribution in [3.63, 3.8) is 0 Å². The molecule has 5 rings (SSSR count). The highest BCUT2D eigenvalue weighted by molar-refractivity contribution is 6.02. The van der Waals surface area contributed by atoms with E-state index >= 15 is 0 Å². The number of carbonyl (C=O) groups is 3. The van der Waals surface area contributed by atoms with Crippen molar-refractivity contribution in [2.75, 3.05) is 20.2 Å². The van der Waals surface area contributed by atoms with Gasteiger partial charge in [-0.2, -0.15) is 0 Å². The van der Waals surface area contributed by atoms with Gasteiger partial charge in [-0.05, 0) is 67.0 Å². The van der Waals surface area contributed by atoms with Crippen molar-refractivity contribution in [3.8, 4) is 0 Å². The summed E-state index contributed by atoms with van der Waals surface area (Å²) in [6.45, 7) is 2.73. The topological polar surface area (TPSA) is 119 Å². The molecule has 0 saturated heterocycles. The lowest BCUT2D eigenvalue weighted by Crippen LogP contribution is -2.46. The number of methoxy groups -OCH3 is 1. The molecule has 0 saturated carbocycles. The molecule has 0 radical (unpaired) electrons. The molecular weight excluding hydrogens is 649 g/mol. The second-order valence-electron chi connectivity index (χ2n) is 13.1. The van der Waals surface area contributed by atoms with Crippen molar-refractivity contribution in [3.05, 3.63) is 179 Å². The summed E-state index contributed by atoms with van der Waals surface area (Å²) in [5.74, 6) is -2.21. The SMILES string of the molecule is COC(=O)C(C)(CC(c1ccccc1)c1ccccc1)C(=O)NCCCCN.O=C(O)C(CC(c1ccccc1)c1ccccc1)c1ccccc1. The van der Waals surface area contributed by atoms with Gasteiger partial charge in [0.25, 0.3) is 0 Å². The van der Waals surface area contributed by atoms with Gasteiger partial charge >= 0.3 is 11.9 Å². The molecular formula is C45H50N2O5. The first-order chi connectivity index (χ1) is 25.3. The summed E-state index contributed by atoms with van der Waals surface area (Å²) in [7, 11) is 1.32. The number of nitrogens with one attached hydrogen (secondary N) is 1. The maximum absolute atomic E-state index is 13.0. The summed E-state index contributed by atoms with van der Waals surface area (Å²) in [6, 6.07) is 49.6. The van der Waals surface area contributed by atoms with E-state index in [1.807, 2.05) is 127 Å². The number of carboxylic acids is 1. The van der Waals surface area contributed by atoms with Crippen LogP contribution in [0.1, 0.15) is 78.2 Å². The van der Waals surface area contributed by atoms with E-state index in [1.165, 1.54) is 7.11 Å². The minimum absolute atomic E-state index is 0.0497. The zero-order valence-electron chi connectivity index (χ0n) is 30.1. The van der Waals surface area contributed by atoms with Gasteiger partial charge in [-0.15, -0.1) is 0 Å². The minimum atomic E-state index is -1.30. The zero-order chi connectivity index (χ0) is 37.2. The predicted octanol–water partition coefficient (Wildman–Crippen LogP) is 8.32. The molecule has 5 aromatic carbocycles. The van der Waals surface area contributed by atoms with Crippen LogP contribution in [0.4, 0.5) is 0 Å². The Kier molecular flexibility index (Phi) is 15.4. The number of nitrogens with two attached hydrogens (primary N) is 1. The van der Waals surface area contributed by atoms with Crippen LogP contribution in [0, 0.1) is 5.41 Å². The number of unbranched alkanes of at least 4 members (excludes halogenated alkanes) is 1. The minimum Gasteiger partial charge on any atom is -0.481 e. The van der Waals surface area contributed by atoms with Crippen LogP contribution in [0.2, 0.25) is 0 Å². The molecule has 52 heavy (non-hydrogen) atoms. The van der Waals surface area contributed by atoms with Crippen LogP contribution < -0.4 is 11.1 Å². The van der Waals surface area contributed by atoms with Gasteiger partial charge in [0, 0.05) is 18.4 Å².